The fourth-order valence-corrected chi connectivity index (χ4v) is 3.22. The SMILES string of the molecule is CC1CCC(NC2CC(C)N(C)C2)C1C. The minimum absolute atomic E-state index is 0.739. The van der Waals surface area contributed by atoms with E-state index < -0.39 is 0 Å². The van der Waals surface area contributed by atoms with Crippen LogP contribution >= 0.6 is 0 Å². The molecule has 2 rings (SSSR count). The molecule has 1 aliphatic heterocycles. The Hall–Kier alpha value is -0.0800. The Labute approximate surface area is 94.4 Å². The zero-order valence-electron chi connectivity index (χ0n) is 10.7. The van der Waals surface area contributed by atoms with Crippen molar-refractivity contribution in [1.29, 1.82) is 0 Å². The van der Waals surface area contributed by atoms with E-state index >= 15 is 0 Å². The molecule has 2 aliphatic rings. The van der Waals surface area contributed by atoms with Crippen LogP contribution in [0.15, 0.2) is 0 Å². The normalized spacial score (nSPS) is 47.6. The molecule has 2 nitrogen and oxygen atoms in total. The molecule has 1 aliphatic carbocycles. The zero-order chi connectivity index (χ0) is 11.0. The number of hydrogen-bond acceptors (Lipinski definition) is 2. The van der Waals surface area contributed by atoms with Crippen molar-refractivity contribution in [3.8, 4) is 0 Å². The Kier molecular flexibility index (Phi) is 3.36. The Morgan fingerprint density at radius 1 is 1.13 bits per heavy atom. The average Bonchev–Trinajstić information content (AvgIpc) is 2.65. The number of nitrogens with one attached hydrogen (secondary N) is 1. The predicted molar refractivity (Wildman–Crippen MR) is 65.0 cm³/mol. The maximum Gasteiger partial charge on any atom is 0.0212 e. The van der Waals surface area contributed by atoms with E-state index in [-0.39, 0.29) is 0 Å². The van der Waals surface area contributed by atoms with Crippen LogP contribution in [0.25, 0.3) is 0 Å². The first kappa shape index (κ1) is 11.4. The molecule has 0 aromatic carbocycles. The van der Waals surface area contributed by atoms with E-state index in [1.165, 1.54) is 25.8 Å². The third-order valence-corrected chi connectivity index (χ3v) is 4.80. The Morgan fingerprint density at radius 3 is 2.33 bits per heavy atom. The van der Waals surface area contributed by atoms with Crippen LogP contribution in [-0.2, 0) is 0 Å². The molecule has 0 aromatic rings. The molecule has 0 spiro atoms. The van der Waals surface area contributed by atoms with Crippen molar-refractivity contribution >= 4 is 0 Å². The highest BCUT2D eigenvalue weighted by Gasteiger charge is 2.33. The van der Waals surface area contributed by atoms with Gasteiger partial charge in [-0.15, -0.1) is 0 Å². The maximum absolute atomic E-state index is 3.88. The van der Waals surface area contributed by atoms with Crippen molar-refractivity contribution in [3.05, 3.63) is 0 Å². The van der Waals surface area contributed by atoms with E-state index in [4.69, 9.17) is 0 Å². The minimum Gasteiger partial charge on any atom is -0.310 e. The largest absolute Gasteiger partial charge is 0.310 e. The number of likely N-dealkylation sites (tertiary alicyclic amines) is 1. The fourth-order valence-electron chi connectivity index (χ4n) is 3.22. The van der Waals surface area contributed by atoms with Gasteiger partial charge in [0.05, 0.1) is 0 Å². The van der Waals surface area contributed by atoms with Crippen LogP contribution in [0.3, 0.4) is 0 Å². The maximum atomic E-state index is 3.88. The molecule has 2 heteroatoms. The van der Waals surface area contributed by atoms with E-state index in [9.17, 15) is 0 Å². The molecule has 0 aromatic heterocycles. The molecule has 15 heavy (non-hydrogen) atoms. The summed E-state index contributed by atoms with van der Waals surface area (Å²) in [7, 11) is 2.24. The van der Waals surface area contributed by atoms with E-state index in [2.05, 4.69) is 38.0 Å². The summed E-state index contributed by atoms with van der Waals surface area (Å²) in [6.45, 7) is 8.38. The van der Waals surface area contributed by atoms with E-state index in [1.807, 2.05) is 0 Å². The standard InChI is InChI=1S/C13H26N2/c1-9-5-6-13(11(9)3)14-12-7-10(2)15(4)8-12/h9-14H,5-8H2,1-4H3. The lowest BCUT2D eigenvalue weighted by molar-refractivity contribution is 0.313. The van der Waals surface area contributed by atoms with Gasteiger partial charge < -0.3 is 10.2 Å². The molecular formula is C13H26N2. The van der Waals surface area contributed by atoms with Crippen molar-refractivity contribution in [2.24, 2.45) is 11.8 Å². The van der Waals surface area contributed by atoms with Gasteiger partial charge in [0.2, 0.25) is 0 Å². The lowest BCUT2D eigenvalue weighted by atomic mass is 9.97. The van der Waals surface area contributed by atoms with Crippen molar-refractivity contribution < 1.29 is 0 Å². The lowest BCUT2D eigenvalue weighted by Gasteiger charge is -2.23. The highest BCUT2D eigenvalue weighted by atomic mass is 15.2. The van der Waals surface area contributed by atoms with Crippen LogP contribution in [0, 0.1) is 11.8 Å². The summed E-state index contributed by atoms with van der Waals surface area (Å²) in [6.07, 6.45) is 4.13. The predicted octanol–water partition coefficient (Wildman–Crippen LogP) is 2.10. The lowest BCUT2D eigenvalue weighted by Crippen LogP contribution is -2.41. The molecule has 88 valence electrons. The molecule has 5 unspecified atom stereocenters. The number of rotatable bonds is 2. The molecule has 0 radical (unpaired) electrons. The first-order valence-electron chi connectivity index (χ1n) is 6.54. The summed E-state index contributed by atoms with van der Waals surface area (Å²) in [5.41, 5.74) is 0. The first-order valence-corrected chi connectivity index (χ1v) is 6.54. The highest BCUT2D eigenvalue weighted by Crippen LogP contribution is 2.32. The van der Waals surface area contributed by atoms with Crippen LogP contribution in [0.5, 0.6) is 0 Å². The fraction of sp³-hybridized carbons (Fsp3) is 1.00. The Balaban J connectivity index is 1.83. The number of nitrogens with zero attached hydrogens (tertiary/aromatic N) is 1. The zero-order valence-corrected chi connectivity index (χ0v) is 10.7. The van der Waals surface area contributed by atoms with Crippen LogP contribution < -0.4 is 5.32 Å². The summed E-state index contributed by atoms with van der Waals surface area (Å²) in [5, 5.41) is 3.88. The summed E-state index contributed by atoms with van der Waals surface area (Å²) < 4.78 is 0. The van der Waals surface area contributed by atoms with Crippen LogP contribution in [0.2, 0.25) is 0 Å². The van der Waals surface area contributed by atoms with E-state index in [1.54, 1.807) is 0 Å². The number of hydrogen-bond donors (Lipinski definition) is 1. The van der Waals surface area contributed by atoms with E-state index in [0.717, 1.165) is 30.0 Å². The van der Waals surface area contributed by atoms with Gasteiger partial charge in [-0.05, 0) is 45.1 Å². The number of likely N-dealkylation sites (N-methyl/N-ethyl adjacent to an activating group) is 1. The first-order chi connectivity index (χ1) is 7.08. The summed E-state index contributed by atoms with van der Waals surface area (Å²) >= 11 is 0. The van der Waals surface area contributed by atoms with Crippen LogP contribution in [0.1, 0.15) is 40.0 Å². The van der Waals surface area contributed by atoms with Gasteiger partial charge in [0.15, 0.2) is 0 Å². The monoisotopic (exact) mass is 210 g/mol. The molecule has 1 heterocycles. The van der Waals surface area contributed by atoms with Crippen LogP contribution in [0.4, 0.5) is 0 Å². The summed E-state index contributed by atoms with van der Waals surface area (Å²) in [5.74, 6) is 1.78. The van der Waals surface area contributed by atoms with Gasteiger partial charge in [-0.2, -0.15) is 0 Å². The van der Waals surface area contributed by atoms with Gasteiger partial charge in [-0.3, -0.25) is 0 Å². The van der Waals surface area contributed by atoms with Crippen molar-refractivity contribution in [2.75, 3.05) is 13.6 Å². The molecule has 0 bridgehead atoms. The van der Waals surface area contributed by atoms with Gasteiger partial charge in [-0.1, -0.05) is 13.8 Å². The van der Waals surface area contributed by atoms with Gasteiger partial charge in [0.25, 0.3) is 0 Å². The topological polar surface area (TPSA) is 15.3 Å². The average molecular weight is 210 g/mol. The third kappa shape index (κ3) is 2.36. The van der Waals surface area contributed by atoms with Crippen LogP contribution in [-0.4, -0.2) is 36.6 Å². The van der Waals surface area contributed by atoms with E-state index in [0.29, 0.717) is 0 Å². The van der Waals surface area contributed by atoms with Gasteiger partial charge >= 0.3 is 0 Å². The van der Waals surface area contributed by atoms with Crippen molar-refractivity contribution in [3.63, 3.8) is 0 Å². The second-order valence-corrected chi connectivity index (χ2v) is 5.91. The highest BCUT2D eigenvalue weighted by molar-refractivity contribution is 4.92. The third-order valence-electron chi connectivity index (χ3n) is 4.80. The quantitative estimate of drug-likeness (QED) is 0.751. The molecule has 1 saturated carbocycles. The molecular weight excluding hydrogens is 184 g/mol. The van der Waals surface area contributed by atoms with Gasteiger partial charge in [0, 0.05) is 24.7 Å². The second-order valence-electron chi connectivity index (χ2n) is 5.91. The van der Waals surface area contributed by atoms with Gasteiger partial charge in [0.1, 0.15) is 0 Å². The smallest absolute Gasteiger partial charge is 0.0212 e. The van der Waals surface area contributed by atoms with Crippen molar-refractivity contribution in [1.82, 2.24) is 10.2 Å². The minimum atomic E-state index is 0.739. The summed E-state index contributed by atoms with van der Waals surface area (Å²) in [6, 6.07) is 2.28. The van der Waals surface area contributed by atoms with Gasteiger partial charge in [-0.25, -0.2) is 0 Å². The van der Waals surface area contributed by atoms with Crippen molar-refractivity contribution in [2.45, 2.75) is 58.2 Å². The Bertz CT molecular complexity index is 207. The summed E-state index contributed by atoms with van der Waals surface area (Å²) in [4.78, 5) is 2.47. The Morgan fingerprint density at radius 2 is 1.87 bits per heavy atom. The molecule has 2 fully saturated rings. The second kappa shape index (κ2) is 4.42. The molecule has 5 atom stereocenters. The molecule has 0 amide bonds. The molecule has 1 N–H and O–H groups in total. The molecule has 1 saturated heterocycles.